The molecule has 1 aliphatic rings. The van der Waals surface area contributed by atoms with E-state index in [-0.39, 0.29) is 0 Å². The van der Waals surface area contributed by atoms with E-state index in [1.54, 1.807) is 0 Å². The maximum atomic E-state index is 5.58. The van der Waals surface area contributed by atoms with Gasteiger partial charge in [0.1, 0.15) is 0 Å². The molecule has 0 aliphatic carbocycles. The summed E-state index contributed by atoms with van der Waals surface area (Å²) in [5.41, 5.74) is 3.82. The number of nitrogens with zero attached hydrogens (tertiary/aromatic N) is 2. The third kappa shape index (κ3) is 3.60. The third-order valence-corrected chi connectivity index (χ3v) is 5.37. The minimum Gasteiger partial charge on any atom is -0.337 e. The molecule has 0 spiro atoms. The van der Waals surface area contributed by atoms with Crippen molar-refractivity contribution in [2.24, 2.45) is 0 Å². The largest absolute Gasteiger partial charge is 0.337 e. The fourth-order valence-electron chi connectivity index (χ4n) is 3.75. The number of hydrogen-bond donors (Lipinski definition) is 1. The molecule has 4 heteroatoms. The molecule has 0 unspecified atom stereocenters. The minimum absolute atomic E-state index is 0.473. The van der Waals surface area contributed by atoms with Crippen LogP contribution in [-0.2, 0) is 6.54 Å². The van der Waals surface area contributed by atoms with Gasteiger partial charge in [-0.05, 0) is 36.2 Å². The second kappa shape index (κ2) is 7.38. The van der Waals surface area contributed by atoms with Crippen LogP contribution in [0.2, 0.25) is 0 Å². The zero-order chi connectivity index (χ0) is 17.1. The molecule has 3 aromatic rings. The number of imidazole rings is 1. The molecule has 0 atom stereocenters. The van der Waals surface area contributed by atoms with Crippen molar-refractivity contribution in [3.63, 3.8) is 0 Å². The van der Waals surface area contributed by atoms with Gasteiger partial charge in [-0.25, -0.2) is 0 Å². The normalized spacial score (nSPS) is 16.2. The summed E-state index contributed by atoms with van der Waals surface area (Å²) in [4.78, 5) is 5.79. The fourth-order valence-corrected chi connectivity index (χ4v) is 4.06. The van der Waals surface area contributed by atoms with Crippen molar-refractivity contribution in [1.82, 2.24) is 14.5 Å². The number of piperidine rings is 1. The zero-order valence-electron chi connectivity index (χ0n) is 14.3. The highest BCUT2D eigenvalue weighted by Crippen LogP contribution is 2.30. The van der Waals surface area contributed by atoms with Crippen molar-refractivity contribution in [3.8, 4) is 11.3 Å². The van der Waals surface area contributed by atoms with Gasteiger partial charge in [0.25, 0.3) is 0 Å². The first-order chi connectivity index (χ1) is 12.3. The summed E-state index contributed by atoms with van der Waals surface area (Å²) in [7, 11) is 0. The summed E-state index contributed by atoms with van der Waals surface area (Å²) < 4.78 is 3.16. The first kappa shape index (κ1) is 16.3. The van der Waals surface area contributed by atoms with Crippen molar-refractivity contribution in [1.29, 1.82) is 0 Å². The lowest BCUT2D eigenvalue weighted by Gasteiger charge is -2.33. The summed E-state index contributed by atoms with van der Waals surface area (Å²) in [6, 6.07) is 21.7. The maximum absolute atomic E-state index is 5.58. The van der Waals surface area contributed by atoms with Crippen LogP contribution in [0.1, 0.15) is 24.4 Å². The Morgan fingerprint density at radius 3 is 2.24 bits per heavy atom. The van der Waals surface area contributed by atoms with Crippen LogP contribution < -0.4 is 0 Å². The SMILES string of the molecule is S=c1[nH]cc(-c2ccccc2)n1C1CCN(Cc2ccccc2)CC1. The average molecular weight is 350 g/mol. The van der Waals surface area contributed by atoms with Gasteiger partial charge in [-0.15, -0.1) is 0 Å². The molecular weight excluding hydrogens is 326 g/mol. The molecule has 2 aromatic carbocycles. The van der Waals surface area contributed by atoms with E-state index in [1.165, 1.54) is 16.8 Å². The Morgan fingerprint density at radius 2 is 1.56 bits per heavy atom. The van der Waals surface area contributed by atoms with Gasteiger partial charge in [0, 0.05) is 31.9 Å². The highest BCUT2D eigenvalue weighted by molar-refractivity contribution is 7.71. The predicted molar refractivity (Wildman–Crippen MR) is 105 cm³/mol. The van der Waals surface area contributed by atoms with Gasteiger partial charge in [-0.2, -0.15) is 0 Å². The Morgan fingerprint density at radius 1 is 0.920 bits per heavy atom. The average Bonchev–Trinajstić information content (AvgIpc) is 3.05. The van der Waals surface area contributed by atoms with E-state index in [9.17, 15) is 0 Å². The van der Waals surface area contributed by atoms with Crippen molar-refractivity contribution < 1.29 is 0 Å². The lowest BCUT2D eigenvalue weighted by atomic mass is 10.0. The first-order valence-corrected chi connectivity index (χ1v) is 9.34. The van der Waals surface area contributed by atoms with Gasteiger partial charge in [-0.1, -0.05) is 60.7 Å². The van der Waals surface area contributed by atoms with Gasteiger partial charge in [0.2, 0.25) is 0 Å². The van der Waals surface area contributed by atoms with E-state index in [1.807, 2.05) is 6.20 Å². The summed E-state index contributed by atoms with van der Waals surface area (Å²) in [6.07, 6.45) is 4.33. The number of aromatic amines is 1. The fraction of sp³-hybridized carbons (Fsp3) is 0.286. The molecule has 1 aliphatic heterocycles. The molecule has 2 heterocycles. The number of hydrogen-bond acceptors (Lipinski definition) is 2. The van der Waals surface area contributed by atoms with E-state index in [4.69, 9.17) is 12.2 Å². The van der Waals surface area contributed by atoms with Crippen LogP contribution in [0.4, 0.5) is 0 Å². The summed E-state index contributed by atoms with van der Waals surface area (Å²) >= 11 is 5.58. The molecule has 3 nitrogen and oxygen atoms in total. The summed E-state index contributed by atoms with van der Waals surface area (Å²) in [5.74, 6) is 0. The van der Waals surface area contributed by atoms with Crippen LogP contribution in [0.25, 0.3) is 11.3 Å². The van der Waals surface area contributed by atoms with Crippen molar-refractivity contribution >= 4 is 12.2 Å². The van der Waals surface area contributed by atoms with Crippen LogP contribution >= 0.6 is 12.2 Å². The monoisotopic (exact) mass is 349 g/mol. The van der Waals surface area contributed by atoms with Crippen LogP contribution in [0, 0.1) is 4.77 Å². The minimum atomic E-state index is 0.473. The van der Waals surface area contributed by atoms with Crippen molar-refractivity contribution in [2.45, 2.75) is 25.4 Å². The molecule has 4 rings (SSSR count). The third-order valence-electron chi connectivity index (χ3n) is 5.05. The molecule has 0 radical (unpaired) electrons. The topological polar surface area (TPSA) is 24.0 Å². The van der Waals surface area contributed by atoms with Crippen LogP contribution in [0.5, 0.6) is 0 Å². The molecule has 1 fully saturated rings. The lowest BCUT2D eigenvalue weighted by molar-refractivity contribution is 0.179. The van der Waals surface area contributed by atoms with Gasteiger partial charge in [-0.3, -0.25) is 4.90 Å². The smallest absolute Gasteiger partial charge is 0.177 e. The quantitative estimate of drug-likeness (QED) is 0.667. The van der Waals surface area contributed by atoms with Crippen LogP contribution in [0.3, 0.4) is 0 Å². The van der Waals surface area contributed by atoms with E-state index in [2.05, 4.69) is 75.1 Å². The van der Waals surface area contributed by atoms with E-state index in [0.717, 1.165) is 37.2 Å². The highest BCUT2D eigenvalue weighted by atomic mass is 32.1. The molecule has 1 N–H and O–H groups in total. The molecule has 0 amide bonds. The van der Waals surface area contributed by atoms with E-state index < -0.39 is 0 Å². The second-order valence-corrected chi connectivity index (χ2v) is 7.09. The first-order valence-electron chi connectivity index (χ1n) is 8.93. The zero-order valence-corrected chi connectivity index (χ0v) is 15.1. The van der Waals surface area contributed by atoms with Gasteiger partial charge in [0.15, 0.2) is 4.77 Å². The van der Waals surface area contributed by atoms with E-state index >= 15 is 0 Å². The number of likely N-dealkylation sites (tertiary alicyclic amines) is 1. The van der Waals surface area contributed by atoms with Crippen molar-refractivity contribution in [3.05, 3.63) is 77.2 Å². The van der Waals surface area contributed by atoms with Crippen LogP contribution in [-0.4, -0.2) is 27.5 Å². The summed E-state index contributed by atoms with van der Waals surface area (Å²) in [5, 5.41) is 0. The Bertz CT molecular complexity index is 859. The second-order valence-electron chi connectivity index (χ2n) is 6.71. The predicted octanol–water partition coefficient (Wildman–Crippen LogP) is 5.05. The number of rotatable bonds is 4. The van der Waals surface area contributed by atoms with Crippen LogP contribution in [0.15, 0.2) is 66.9 Å². The van der Waals surface area contributed by atoms with Gasteiger partial charge in [0.05, 0.1) is 5.69 Å². The number of benzene rings is 2. The summed E-state index contributed by atoms with van der Waals surface area (Å²) in [6.45, 7) is 3.26. The number of nitrogens with one attached hydrogen (secondary N) is 1. The van der Waals surface area contributed by atoms with Gasteiger partial charge >= 0.3 is 0 Å². The Hall–Kier alpha value is -2.17. The molecule has 1 aromatic heterocycles. The maximum Gasteiger partial charge on any atom is 0.177 e. The van der Waals surface area contributed by atoms with Gasteiger partial charge < -0.3 is 9.55 Å². The lowest BCUT2D eigenvalue weighted by Crippen LogP contribution is -2.34. The molecule has 25 heavy (non-hydrogen) atoms. The molecular formula is C21H23N3S. The molecule has 128 valence electrons. The number of H-pyrrole nitrogens is 1. The molecule has 1 saturated heterocycles. The highest BCUT2D eigenvalue weighted by Gasteiger charge is 2.23. The molecule has 0 bridgehead atoms. The van der Waals surface area contributed by atoms with Crippen molar-refractivity contribution in [2.75, 3.05) is 13.1 Å². The number of aromatic nitrogens is 2. The Kier molecular flexibility index (Phi) is 4.81. The Labute approximate surface area is 153 Å². The van der Waals surface area contributed by atoms with E-state index in [0.29, 0.717) is 6.04 Å². The standard InChI is InChI=1S/C21H23N3S/c25-21-22-15-20(18-9-5-2-6-10-18)24(21)19-11-13-23(14-12-19)16-17-7-3-1-4-8-17/h1-10,15,19H,11-14,16H2,(H,22,25). The Balaban J connectivity index is 1.48. The molecule has 0 saturated carbocycles.